The third-order valence-corrected chi connectivity index (χ3v) is 5.44. The summed E-state index contributed by atoms with van der Waals surface area (Å²) in [5.74, 6) is 1.79. The van der Waals surface area contributed by atoms with Gasteiger partial charge in [0, 0.05) is 58.2 Å². The summed E-state index contributed by atoms with van der Waals surface area (Å²) >= 11 is 0. The monoisotopic (exact) mass is 523 g/mol. The molecule has 0 saturated carbocycles. The molecule has 1 N–H and O–H groups in total. The summed E-state index contributed by atoms with van der Waals surface area (Å²) in [5.41, 5.74) is 2.64. The van der Waals surface area contributed by atoms with Gasteiger partial charge in [0.15, 0.2) is 5.96 Å². The molecule has 1 saturated heterocycles. The first kappa shape index (κ1) is 22.3. The lowest BCUT2D eigenvalue weighted by atomic mass is 10.0. The fourth-order valence-electron chi connectivity index (χ4n) is 3.88. The Hall–Kier alpha value is -2.43. The maximum absolute atomic E-state index is 14.6. The van der Waals surface area contributed by atoms with Gasteiger partial charge < -0.3 is 14.8 Å². The van der Waals surface area contributed by atoms with Gasteiger partial charge in [-0.05, 0) is 36.6 Å². The second kappa shape index (κ2) is 9.59. The van der Waals surface area contributed by atoms with Gasteiger partial charge in [-0.1, -0.05) is 6.07 Å². The lowest BCUT2D eigenvalue weighted by Crippen LogP contribution is -2.39. The van der Waals surface area contributed by atoms with Crippen LogP contribution in [0.5, 0.6) is 0 Å². The van der Waals surface area contributed by atoms with Crippen LogP contribution in [0.15, 0.2) is 48.0 Å². The number of nitrogens with one attached hydrogen (secondary N) is 1. The average molecular weight is 523 g/mol. The molecule has 9 heteroatoms. The van der Waals surface area contributed by atoms with Gasteiger partial charge in [-0.25, -0.2) is 9.37 Å². The molecule has 0 amide bonds. The number of rotatable bonds is 4. The minimum absolute atomic E-state index is 0. The van der Waals surface area contributed by atoms with E-state index in [1.807, 2.05) is 30.9 Å². The molecule has 0 radical (unpaired) electrons. The molecule has 3 aromatic rings. The van der Waals surface area contributed by atoms with Crippen LogP contribution in [0.3, 0.4) is 0 Å². The van der Waals surface area contributed by atoms with Crippen LogP contribution in [0.1, 0.15) is 29.3 Å². The molecule has 1 atom stereocenters. The van der Waals surface area contributed by atoms with Crippen LogP contribution in [0.25, 0.3) is 5.69 Å². The Morgan fingerprint density at radius 1 is 1.37 bits per heavy atom. The summed E-state index contributed by atoms with van der Waals surface area (Å²) in [7, 11) is 3.72. The number of imidazole rings is 1. The summed E-state index contributed by atoms with van der Waals surface area (Å²) in [5, 5.41) is 7.64. The number of hydrogen-bond donors (Lipinski definition) is 1. The van der Waals surface area contributed by atoms with Crippen LogP contribution in [0.4, 0.5) is 4.39 Å². The van der Waals surface area contributed by atoms with E-state index in [2.05, 4.69) is 31.5 Å². The van der Waals surface area contributed by atoms with Crippen LogP contribution < -0.4 is 5.32 Å². The van der Waals surface area contributed by atoms with Crippen molar-refractivity contribution >= 4 is 29.9 Å². The Balaban J connectivity index is 0.00000256. The second-order valence-corrected chi connectivity index (χ2v) is 7.41. The van der Waals surface area contributed by atoms with Gasteiger partial charge in [-0.15, -0.1) is 24.0 Å². The maximum Gasteiger partial charge on any atom is 0.193 e. The molecule has 3 heterocycles. The van der Waals surface area contributed by atoms with Crippen molar-refractivity contribution in [3.05, 3.63) is 65.8 Å². The molecule has 7 nitrogen and oxygen atoms in total. The zero-order valence-corrected chi connectivity index (χ0v) is 19.7. The van der Waals surface area contributed by atoms with Crippen LogP contribution in [0.2, 0.25) is 0 Å². The van der Waals surface area contributed by atoms with E-state index in [1.165, 1.54) is 5.56 Å². The number of aliphatic imine (C=N–C) groups is 1. The van der Waals surface area contributed by atoms with Crippen LogP contribution in [0, 0.1) is 12.7 Å². The second-order valence-electron chi connectivity index (χ2n) is 7.41. The molecular weight excluding hydrogens is 496 g/mol. The molecule has 4 rings (SSSR count). The van der Waals surface area contributed by atoms with E-state index in [0.29, 0.717) is 18.2 Å². The molecule has 30 heavy (non-hydrogen) atoms. The van der Waals surface area contributed by atoms with Gasteiger partial charge in [0.1, 0.15) is 11.6 Å². The third-order valence-electron chi connectivity index (χ3n) is 5.44. The number of hydrogen-bond acceptors (Lipinski definition) is 3. The summed E-state index contributed by atoms with van der Waals surface area (Å²) in [4.78, 5) is 10.8. The number of benzene rings is 1. The van der Waals surface area contributed by atoms with Crippen LogP contribution in [-0.2, 0) is 13.6 Å². The molecule has 160 valence electrons. The number of aryl methyl sites for hydroxylation is 2. The van der Waals surface area contributed by atoms with Crippen molar-refractivity contribution < 1.29 is 4.39 Å². The first-order valence-electron chi connectivity index (χ1n) is 9.78. The lowest BCUT2D eigenvalue weighted by molar-refractivity contribution is 0.485. The fourth-order valence-corrected chi connectivity index (χ4v) is 3.88. The van der Waals surface area contributed by atoms with Gasteiger partial charge >= 0.3 is 0 Å². The molecule has 1 unspecified atom stereocenters. The van der Waals surface area contributed by atoms with Crippen LogP contribution >= 0.6 is 24.0 Å². The van der Waals surface area contributed by atoms with E-state index in [1.54, 1.807) is 36.1 Å². The highest BCUT2D eigenvalue weighted by Crippen LogP contribution is 2.26. The molecular formula is C21H27FIN7. The van der Waals surface area contributed by atoms with Gasteiger partial charge in [-0.2, -0.15) is 5.10 Å². The van der Waals surface area contributed by atoms with Crippen LogP contribution in [-0.4, -0.2) is 50.3 Å². The maximum atomic E-state index is 14.6. The zero-order chi connectivity index (χ0) is 20.4. The Bertz CT molecular complexity index is 1030. The molecule has 1 fully saturated rings. The largest absolute Gasteiger partial charge is 0.352 e. The normalized spacial score (nSPS) is 16.6. The quantitative estimate of drug-likeness (QED) is 0.324. The minimum Gasteiger partial charge on any atom is -0.352 e. The smallest absolute Gasteiger partial charge is 0.193 e. The molecule has 1 aliphatic rings. The highest BCUT2D eigenvalue weighted by atomic mass is 127. The fraction of sp³-hybridized carbons (Fsp3) is 0.381. The number of likely N-dealkylation sites (tertiary alicyclic amines) is 1. The van der Waals surface area contributed by atoms with Gasteiger partial charge in [0.05, 0.1) is 11.9 Å². The number of halogens is 2. The van der Waals surface area contributed by atoms with Gasteiger partial charge in [0.25, 0.3) is 0 Å². The van der Waals surface area contributed by atoms with Crippen molar-refractivity contribution in [1.82, 2.24) is 29.5 Å². The predicted molar refractivity (Wildman–Crippen MR) is 126 cm³/mol. The van der Waals surface area contributed by atoms with E-state index in [0.717, 1.165) is 36.9 Å². The lowest BCUT2D eigenvalue weighted by Gasteiger charge is -2.21. The standard InChI is InChI=1S/C21H26FN7.HI/c1-15-24-7-9-29(15)20-5-4-16(10-19(20)22)11-25-21(23-2)28-8-6-17(14-28)18-12-26-27(3)13-18;/h4-5,7,9-10,12-13,17H,6,8,11,14H2,1-3H3,(H,23,25);1H. The topological polar surface area (TPSA) is 63.3 Å². The minimum atomic E-state index is -0.266. The first-order chi connectivity index (χ1) is 14.0. The van der Waals surface area contributed by atoms with Crippen molar-refractivity contribution in [3.8, 4) is 5.69 Å². The SMILES string of the molecule is CN=C(NCc1ccc(-n2ccnc2C)c(F)c1)N1CCC(c2cnn(C)c2)C1.I. The summed E-state index contributed by atoms with van der Waals surface area (Å²) in [6.07, 6.45) is 8.52. The zero-order valence-electron chi connectivity index (χ0n) is 17.4. The molecule has 0 spiro atoms. The average Bonchev–Trinajstić information content (AvgIpc) is 3.44. The first-order valence-corrected chi connectivity index (χ1v) is 9.78. The molecule has 1 aromatic carbocycles. The third kappa shape index (κ3) is 4.66. The summed E-state index contributed by atoms with van der Waals surface area (Å²) < 4.78 is 18.2. The Kier molecular flexibility index (Phi) is 7.11. The summed E-state index contributed by atoms with van der Waals surface area (Å²) in [6, 6.07) is 5.29. The van der Waals surface area contributed by atoms with Crippen molar-refractivity contribution in [2.24, 2.45) is 12.0 Å². The molecule has 1 aliphatic heterocycles. The van der Waals surface area contributed by atoms with Crippen molar-refractivity contribution in [2.45, 2.75) is 25.8 Å². The van der Waals surface area contributed by atoms with E-state index >= 15 is 0 Å². The van der Waals surface area contributed by atoms with E-state index in [4.69, 9.17) is 0 Å². The number of aromatic nitrogens is 4. The predicted octanol–water partition coefficient (Wildman–Crippen LogP) is 3.24. The van der Waals surface area contributed by atoms with Crippen molar-refractivity contribution in [2.75, 3.05) is 20.1 Å². The van der Waals surface area contributed by atoms with E-state index in [-0.39, 0.29) is 29.8 Å². The number of nitrogens with zero attached hydrogens (tertiary/aromatic N) is 6. The Morgan fingerprint density at radius 3 is 2.83 bits per heavy atom. The highest BCUT2D eigenvalue weighted by Gasteiger charge is 2.26. The Morgan fingerprint density at radius 2 is 2.20 bits per heavy atom. The van der Waals surface area contributed by atoms with Crippen molar-refractivity contribution in [3.63, 3.8) is 0 Å². The van der Waals surface area contributed by atoms with Crippen molar-refractivity contribution in [1.29, 1.82) is 0 Å². The summed E-state index contributed by atoms with van der Waals surface area (Å²) in [6.45, 7) is 4.21. The van der Waals surface area contributed by atoms with Gasteiger partial charge in [0.2, 0.25) is 0 Å². The number of guanidine groups is 1. The molecule has 0 bridgehead atoms. The molecule has 2 aromatic heterocycles. The van der Waals surface area contributed by atoms with Gasteiger partial charge in [-0.3, -0.25) is 9.67 Å². The van der Waals surface area contributed by atoms with E-state index < -0.39 is 0 Å². The molecule has 0 aliphatic carbocycles. The Labute approximate surface area is 193 Å². The van der Waals surface area contributed by atoms with E-state index in [9.17, 15) is 4.39 Å². The highest BCUT2D eigenvalue weighted by molar-refractivity contribution is 14.0.